The van der Waals surface area contributed by atoms with Gasteiger partial charge in [-0.2, -0.15) is 11.8 Å². The maximum absolute atomic E-state index is 5.21. The summed E-state index contributed by atoms with van der Waals surface area (Å²) in [5, 5.41) is 3.30. The Kier molecular flexibility index (Phi) is 4.55. The monoisotopic (exact) mass is 301 g/mol. The van der Waals surface area contributed by atoms with Crippen molar-refractivity contribution in [1.29, 1.82) is 0 Å². The molecule has 16 heavy (non-hydrogen) atoms. The van der Waals surface area contributed by atoms with Crippen molar-refractivity contribution in [2.75, 3.05) is 26.0 Å². The normalized spacial score (nSPS) is 15.9. The molecule has 1 aromatic carbocycles. The van der Waals surface area contributed by atoms with Gasteiger partial charge in [0.2, 0.25) is 0 Å². The van der Waals surface area contributed by atoms with Crippen molar-refractivity contribution in [2.24, 2.45) is 5.92 Å². The van der Waals surface area contributed by atoms with E-state index in [1.165, 1.54) is 24.4 Å². The first-order valence-corrected chi connectivity index (χ1v) is 7.35. The van der Waals surface area contributed by atoms with Crippen molar-refractivity contribution in [2.45, 2.75) is 5.75 Å². The van der Waals surface area contributed by atoms with Gasteiger partial charge in [0.15, 0.2) is 0 Å². The van der Waals surface area contributed by atoms with Crippen molar-refractivity contribution in [3.63, 3.8) is 0 Å². The highest BCUT2D eigenvalue weighted by Crippen LogP contribution is 2.27. The summed E-state index contributed by atoms with van der Waals surface area (Å²) >= 11 is 5.52. The lowest BCUT2D eigenvalue weighted by atomic mass is 10.1. The Morgan fingerprint density at radius 3 is 2.88 bits per heavy atom. The number of halogens is 1. The molecule has 1 heterocycles. The molecule has 0 amide bonds. The number of methoxy groups -OCH3 is 1. The first-order valence-electron chi connectivity index (χ1n) is 5.40. The molecule has 0 radical (unpaired) electrons. The largest absolute Gasteiger partial charge is 0.496 e. The zero-order chi connectivity index (χ0) is 11.4. The fourth-order valence-corrected chi connectivity index (χ4v) is 3.30. The highest BCUT2D eigenvalue weighted by Gasteiger charge is 2.15. The number of rotatable bonds is 5. The van der Waals surface area contributed by atoms with Gasteiger partial charge in [-0.25, -0.2) is 0 Å². The zero-order valence-corrected chi connectivity index (χ0v) is 11.7. The standard InChI is InChI=1S/C12H16BrNOS/c1-15-12-3-2-9(4-11(12)13)7-16-8-10-5-14-6-10/h2-4,10,14H,5-8H2,1H3. The molecule has 1 aliphatic heterocycles. The average Bonchev–Trinajstić information content (AvgIpc) is 2.22. The lowest BCUT2D eigenvalue weighted by Crippen LogP contribution is -2.43. The van der Waals surface area contributed by atoms with Gasteiger partial charge in [-0.15, -0.1) is 0 Å². The summed E-state index contributed by atoms with van der Waals surface area (Å²) in [4.78, 5) is 0. The molecule has 0 unspecified atom stereocenters. The highest BCUT2D eigenvalue weighted by atomic mass is 79.9. The molecule has 0 aromatic heterocycles. The first kappa shape index (κ1) is 12.3. The van der Waals surface area contributed by atoms with Crippen LogP contribution in [0.5, 0.6) is 5.75 Å². The van der Waals surface area contributed by atoms with Crippen molar-refractivity contribution >= 4 is 27.7 Å². The molecule has 0 atom stereocenters. The van der Waals surface area contributed by atoms with E-state index in [1.807, 2.05) is 17.8 Å². The summed E-state index contributed by atoms with van der Waals surface area (Å²) in [6, 6.07) is 6.30. The molecule has 0 aliphatic carbocycles. The number of thioether (sulfide) groups is 1. The van der Waals surface area contributed by atoms with Gasteiger partial charge in [-0.05, 0) is 58.4 Å². The van der Waals surface area contributed by atoms with Gasteiger partial charge < -0.3 is 10.1 Å². The second-order valence-electron chi connectivity index (χ2n) is 4.01. The third-order valence-electron chi connectivity index (χ3n) is 2.70. The fraction of sp³-hybridized carbons (Fsp3) is 0.500. The molecule has 88 valence electrons. The number of benzene rings is 1. The summed E-state index contributed by atoms with van der Waals surface area (Å²) in [5.41, 5.74) is 1.35. The lowest BCUT2D eigenvalue weighted by molar-refractivity contribution is 0.385. The Hall–Kier alpha value is -0.190. The summed E-state index contributed by atoms with van der Waals surface area (Å²) in [6.07, 6.45) is 0. The highest BCUT2D eigenvalue weighted by molar-refractivity contribution is 9.10. The maximum Gasteiger partial charge on any atom is 0.133 e. The Bertz CT molecular complexity index is 355. The summed E-state index contributed by atoms with van der Waals surface area (Å²) in [7, 11) is 1.69. The molecule has 2 nitrogen and oxygen atoms in total. The van der Waals surface area contributed by atoms with Crippen LogP contribution in [0.4, 0.5) is 0 Å². The Morgan fingerprint density at radius 2 is 2.31 bits per heavy atom. The van der Waals surface area contributed by atoms with Crippen molar-refractivity contribution in [3.05, 3.63) is 28.2 Å². The Morgan fingerprint density at radius 1 is 1.50 bits per heavy atom. The van der Waals surface area contributed by atoms with Crippen molar-refractivity contribution in [3.8, 4) is 5.75 Å². The first-order chi connectivity index (χ1) is 7.79. The van der Waals surface area contributed by atoms with Crippen LogP contribution in [-0.2, 0) is 5.75 Å². The van der Waals surface area contributed by atoms with Crippen LogP contribution in [0.2, 0.25) is 0 Å². The van der Waals surface area contributed by atoms with Crippen LogP contribution in [-0.4, -0.2) is 26.0 Å². The third kappa shape index (κ3) is 3.15. The average molecular weight is 302 g/mol. The third-order valence-corrected chi connectivity index (χ3v) is 4.57. The topological polar surface area (TPSA) is 21.3 Å². The SMILES string of the molecule is COc1ccc(CSCC2CNC2)cc1Br. The molecule has 2 rings (SSSR count). The van der Waals surface area contributed by atoms with Gasteiger partial charge in [0.05, 0.1) is 11.6 Å². The van der Waals surface area contributed by atoms with E-state index < -0.39 is 0 Å². The number of ether oxygens (including phenoxy) is 1. The van der Waals surface area contributed by atoms with Crippen LogP contribution >= 0.6 is 27.7 Å². The number of nitrogens with one attached hydrogen (secondary N) is 1. The summed E-state index contributed by atoms with van der Waals surface area (Å²) < 4.78 is 6.25. The van der Waals surface area contributed by atoms with Crippen LogP contribution in [0.3, 0.4) is 0 Å². The number of hydrogen-bond acceptors (Lipinski definition) is 3. The summed E-state index contributed by atoms with van der Waals surface area (Å²) in [5.74, 6) is 4.12. The van der Waals surface area contributed by atoms with Crippen LogP contribution in [0.15, 0.2) is 22.7 Å². The van der Waals surface area contributed by atoms with Crippen LogP contribution < -0.4 is 10.1 Å². The van der Waals surface area contributed by atoms with Crippen molar-refractivity contribution < 1.29 is 4.74 Å². The van der Waals surface area contributed by atoms with Crippen LogP contribution in [0, 0.1) is 5.92 Å². The number of hydrogen-bond donors (Lipinski definition) is 1. The van der Waals surface area contributed by atoms with E-state index in [4.69, 9.17) is 4.74 Å². The van der Waals surface area contributed by atoms with Crippen molar-refractivity contribution in [1.82, 2.24) is 5.32 Å². The molecule has 4 heteroatoms. The predicted octanol–water partition coefficient (Wildman–Crippen LogP) is 2.91. The second-order valence-corrected chi connectivity index (χ2v) is 5.89. The molecule has 1 N–H and O–H groups in total. The predicted molar refractivity (Wildman–Crippen MR) is 73.2 cm³/mol. The minimum atomic E-state index is 0.881. The fourth-order valence-electron chi connectivity index (χ4n) is 1.61. The van der Waals surface area contributed by atoms with E-state index >= 15 is 0 Å². The van der Waals surface area contributed by atoms with Gasteiger partial charge in [0.1, 0.15) is 5.75 Å². The molecule has 0 saturated carbocycles. The van der Waals surface area contributed by atoms with Crippen LogP contribution in [0.1, 0.15) is 5.56 Å². The molecule has 1 aromatic rings. The van der Waals surface area contributed by atoms with Gasteiger partial charge in [-0.1, -0.05) is 6.07 Å². The summed E-state index contributed by atoms with van der Waals surface area (Å²) in [6.45, 7) is 2.39. The quantitative estimate of drug-likeness (QED) is 0.903. The maximum atomic E-state index is 5.21. The molecular weight excluding hydrogens is 286 g/mol. The Balaban J connectivity index is 1.81. The lowest BCUT2D eigenvalue weighted by Gasteiger charge is -2.26. The van der Waals surface area contributed by atoms with E-state index in [-0.39, 0.29) is 0 Å². The van der Waals surface area contributed by atoms with E-state index in [0.717, 1.165) is 21.9 Å². The van der Waals surface area contributed by atoms with Gasteiger partial charge in [0.25, 0.3) is 0 Å². The van der Waals surface area contributed by atoms with Gasteiger partial charge in [-0.3, -0.25) is 0 Å². The van der Waals surface area contributed by atoms with Gasteiger partial charge >= 0.3 is 0 Å². The minimum absolute atomic E-state index is 0.881. The van der Waals surface area contributed by atoms with E-state index in [1.54, 1.807) is 7.11 Å². The molecule has 1 saturated heterocycles. The minimum Gasteiger partial charge on any atom is -0.496 e. The van der Waals surface area contributed by atoms with E-state index in [0.29, 0.717) is 0 Å². The van der Waals surface area contributed by atoms with Gasteiger partial charge in [0, 0.05) is 5.75 Å². The van der Waals surface area contributed by atoms with Crippen LogP contribution in [0.25, 0.3) is 0 Å². The molecular formula is C12H16BrNOS. The molecule has 1 fully saturated rings. The second kappa shape index (κ2) is 5.94. The van der Waals surface area contributed by atoms with E-state index in [9.17, 15) is 0 Å². The van der Waals surface area contributed by atoms with E-state index in [2.05, 4.69) is 33.4 Å². The smallest absolute Gasteiger partial charge is 0.133 e. The molecule has 0 spiro atoms. The molecule has 0 bridgehead atoms. The molecule has 1 aliphatic rings. The Labute approximate surface area is 109 Å². The zero-order valence-electron chi connectivity index (χ0n) is 9.33.